The third kappa shape index (κ3) is 2.76. The standard InChI is InChI=1S/C14H13Br2NO/c1-18-9-6-7-11(13(16)8-9)14(17)10-4-2-3-5-12(10)15/h2-8,14H,17H2,1H3. The first kappa shape index (κ1) is 13.6. The molecule has 4 heteroatoms. The average Bonchev–Trinajstić information content (AvgIpc) is 2.38. The van der Waals surface area contributed by atoms with Gasteiger partial charge in [0, 0.05) is 8.95 Å². The highest BCUT2D eigenvalue weighted by atomic mass is 79.9. The zero-order valence-corrected chi connectivity index (χ0v) is 13.0. The molecule has 2 N–H and O–H groups in total. The van der Waals surface area contributed by atoms with Gasteiger partial charge >= 0.3 is 0 Å². The van der Waals surface area contributed by atoms with Crippen LogP contribution in [0.3, 0.4) is 0 Å². The van der Waals surface area contributed by atoms with Crippen molar-refractivity contribution < 1.29 is 4.74 Å². The Labute approximate surface area is 123 Å². The summed E-state index contributed by atoms with van der Waals surface area (Å²) in [6, 6.07) is 13.6. The van der Waals surface area contributed by atoms with Crippen LogP contribution in [0.15, 0.2) is 51.4 Å². The summed E-state index contributed by atoms with van der Waals surface area (Å²) < 4.78 is 7.14. The van der Waals surface area contributed by atoms with Gasteiger partial charge in [-0.15, -0.1) is 0 Å². The molecule has 0 amide bonds. The summed E-state index contributed by atoms with van der Waals surface area (Å²) in [4.78, 5) is 0. The van der Waals surface area contributed by atoms with Crippen LogP contribution >= 0.6 is 31.9 Å². The van der Waals surface area contributed by atoms with E-state index in [1.165, 1.54) is 0 Å². The van der Waals surface area contributed by atoms with E-state index in [0.29, 0.717) is 0 Å². The Hall–Kier alpha value is -0.840. The maximum atomic E-state index is 6.31. The summed E-state index contributed by atoms with van der Waals surface area (Å²) in [6.07, 6.45) is 0. The van der Waals surface area contributed by atoms with Gasteiger partial charge in [0.25, 0.3) is 0 Å². The van der Waals surface area contributed by atoms with Gasteiger partial charge in [-0.05, 0) is 29.3 Å². The fourth-order valence-corrected chi connectivity index (χ4v) is 2.92. The molecule has 1 atom stereocenters. The highest BCUT2D eigenvalue weighted by molar-refractivity contribution is 9.10. The van der Waals surface area contributed by atoms with Crippen molar-refractivity contribution in [3.63, 3.8) is 0 Å². The van der Waals surface area contributed by atoms with Crippen molar-refractivity contribution >= 4 is 31.9 Å². The Kier molecular flexibility index (Phi) is 4.43. The highest BCUT2D eigenvalue weighted by Crippen LogP contribution is 2.32. The van der Waals surface area contributed by atoms with Crippen molar-refractivity contribution in [2.75, 3.05) is 7.11 Å². The molecule has 0 saturated carbocycles. The molecule has 0 fully saturated rings. The van der Waals surface area contributed by atoms with Crippen LogP contribution in [-0.4, -0.2) is 7.11 Å². The molecule has 0 bridgehead atoms. The van der Waals surface area contributed by atoms with Crippen molar-refractivity contribution in [3.05, 3.63) is 62.5 Å². The number of methoxy groups -OCH3 is 1. The monoisotopic (exact) mass is 369 g/mol. The minimum atomic E-state index is -0.180. The van der Waals surface area contributed by atoms with Crippen LogP contribution < -0.4 is 10.5 Å². The molecule has 0 radical (unpaired) electrons. The smallest absolute Gasteiger partial charge is 0.120 e. The van der Waals surface area contributed by atoms with Gasteiger partial charge < -0.3 is 10.5 Å². The van der Waals surface area contributed by atoms with E-state index in [4.69, 9.17) is 10.5 Å². The van der Waals surface area contributed by atoms with Crippen LogP contribution in [0.1, 0.15) is 17.2 Å². The van der Waals surface area contributed by atoms with Crippen LogP contribution in [0.5, 0.6) is 5.75 Å². The molecule has 2 nitrogen and oxygen atoms in total. The van der Waals surface area contributed by atoms with Crippen LogP contribution in [-0.2, 0) is 0 Å². The Morgan fingerprint density at radius 2 is 1.67 bits per heavy atom. The SMILES string of the molecule is COc1ccc(C(N)c2ccccc2Br)c(Br)c1. The second-order valence-electron chi connectivity index (χ2n) is 3.89. The second kappa shape index (κ2) is 5.87. The molecule has 0 aliphatic heterocycles. The van der Waals surface area contributed by atoms with E-state index < -0.39 is 0 Å². The lowest BCUT2D eigenvalue weighted by molar-refractivity contribution is 0.414. The van der Waals surface area contributed by atoms with E-state index in [1.54, 1.807) is 7.11 Å². The van der Waals surface area contributed by atoms with Crippen LogP contribution in [0.25, 0.3) is 0 Å². The van der Waals surface area contributed by atoms with E-state index in [0.717, 1.165) is 25.8 Å². The van der Waals surface area contributed by atoms with Gasteiger partial charge in [0.15, 0.2) is 0 Å². The van der Waals surface area contributed by atoms with Crippen molar-refractivity contribution in [2.45, 2.75) is 6.04 Å². The zero-order chi connectivity index (χ0) is 13.1. The van der Waals surface area contributed by atoms with Crippen LogP contribution in [0.4, 0.5) is 0 Å². The molecule has 2 rings (SSSR count). The predicted octanol–water partition coefficient (Wildman–Crippen LogP) is 4.27. The Morgan fingerprint density at radius 1 is 1.00 bits per heavy atom. The van der Waals surface area contributed by atoms with Crippen LogP contribution in [0, 0.1) is 0 Å². The molecule has 94 valence electrons. The molecule has 0 spiro atoms. The molecule has 1 unspecified atom stereocenters. The van der Waals surface area contributed by atoms with Gasteiger partial charge in [-0.2, -0.15) is 0 Å². The number of nitrogens with two attached hydrogens (primary N) is 1. The lowest BCUT2D eigenvalue weighted by atomic mass is 10.00. The van der Waals surface area contributed by atoms with Crippen molar-refractivity contribution in [3.8, 4) is 5.75 Å². The molecule has 2 aromatic carbocycles. The first-order valence-corrected chi connectivity index (χ1v) is 7.05. The van der Waals surface area contributed by atoms with Gasteiger partial charge in [-0.1, -0.05) is 56.1 Å². The number of ether oxygens (including phenoxy) is 1. The Balaban J connectivity index is 2.40. The molecular formula is C14H13Br2NO. The van der Waals surface area contributed by atoms with Crippen LogP contribution in [0.2, 0.25) is 0 Å². The van der Waals surface area contributed by atoms with Gasteiger partial charge in [0.05, 0.1) is 13.2 Å². The summed E-state index contributed by atoms with van der Waals surface area (Å²) in [5.74, 6) is 0.810. The van der Waals surface area contributed by atoms with Gasteiger partial charge in [-0.25, -0.2) is 0 Å². The molecule has 0 aliphatic carbocycles. The maximum Gasteiger partial charge on any atom is 0.120 e. The minimum Gasteiger partial charge on any atom is -0.497 e. The topological polar surface area (TPSA) is 35.2 Å². The van der Waals surface area contributed by atoms with Gasteiger partial charge in [-0.3, -0.25) is 0 Å². The van der Waals surface area contributed by atoms with E-state index in [-0.39, 0.29) is 6.04 Å². The predicted molar refractivity (Wildman–Crippen MR) is 80.9 cm³/mol. The number of halogens is 2. The summed E-state index contributed by atoms with van der Waals surface area (Å²) in [7, 11) is 1.65. The summed E-state index contributed by atoms with van der Waals surface area (Å²) in [5, 5.41) is 0. The number of hydrogen-bond acceptors (Lipinski definition) is 2. The summed E-state index contributed by atoms with van der Waals surface area (Å²) >= 11 is 7.06. The third-order valence-corrected chi connectivity index (χ3v) is 4.19. The fourth-order valence-electron chi connectivity index (χ4n) is 1.78. The lowest BCUT2D eigenvalue weighted by Gasteiger charge is -2.16. The third-order valence-electron chi connectivity index (χ3n) is 2.78. The second-order valence-corrected chi connectivity index (χ2v) is 5.60. The molecule has 18 heavy (non-hydrogen) atoms. The quantitative estimate of drug-likeness (QED) is 0.875. The number of benzene rings is 2. The summed E-state index contributed by atoms with van der Waals surface area (Å²) in [6.45, 7) is 0. The highest BCUT2D eigenvalue weighted by Gasteiger charge is 2.14. The fraction of sp³-hybridized carbons (Fsp3) is 0.143. The van der Waals surface area contributed by atoms with Crippen molar-refractivity contribution in [1.82, 2.24) is 0 Å². The molecule has 2 aromatic rings. The molecule has 0 saturated heterocycles. The maximum absolute atomic E-state index is 6.31. The normalized spacial score (nSPS) is 12.2. The zero-order valence-electron chi connectivity index (χ0n) is 9.86. The van der Waals surface area contributed by atoms with E-state index in [9.17, 15) is 0 Å². The Morgan fingerprint density at radius 3 is 2.28 bits per heavy atom. The summed E-state index contributed by atoms with van der Waals surface area (Å²) in [5.41, 5.74) is 8.40. The number of rotatable bonds is 3. The molecule has 0 heterocycles. The van der Waals surface area contributed by atoms with Crippen molar-refractivity contribution in [1.29, 1.82) is 0 Å². The Bertz CT molecular complexity index is 557. The minimum absolute atomic E-state index is 0.180. The molecule has 0 aromatic heterocycles. The van der Waals surface area contributed by atoms with Gasteiger partial charge in [0.1, 0.15) is 5.75 Å². The van der Waals surface area contributed by atoms with Crippen molar-refractivity contribution in [2.24, 2.45) is 5.73 Å². The van der Waals surface area contributed by atoms with Gasteiger partial charge in [0.2, 0.25) is 0 Å². The van der Waals surface area contributed by atoms with E-state index >= 15 is 0 Å². The van der Waals surface area contributed by atoms with E-state index in [2.05, 4.69) is 31.9 Å². The first-order valence-electron chi connectivity index (χ1n) is 5.47. The average molecular weight is 371 g/mol. The first-order chi connectivity index (χ1) is 8.63. The largest absolute Gasteiger partial charge is 0.497 e. The van der Waals surface area contributed by atoms with E-state index in [1.807, 2.05) is 42.5 Å². The molecule has 0 aliphatic rings. The number of hydrogen-bond donors (Lipinski definition) is 1. The molecular weight excluding hydrogens is 358 g/mol. The lowest BCUT2D eigenvalue weighted by Crippen LogP contribution is -2.13.